The molecule has 2 rings (SSSR count). The Labute approximate surface area is 126 Å². The Hall–Kier alpha value is -2.35. The van der Waals surface area contributed by atoms with Crippen LogP contribution in [0.4, 0.5) is 0 Å². The summed E-state index contributed by atoms with van der Waals surface area (Å²) in [7, 11) is -3.66. The van der Waals surface area contributed by atoms with Gasteiger partial charge in [0, 0.05) is 11.8 Å². The van der Waals surface area contributed by atoms with Crippen molar-refractivity contribution in [2.24, 2.45) is 0 Å². The first-order chi connectivity index (χ1) is 10.4. The van der Waals surface area contributed by atoms with Crippen molar-refractivity contribution >= 4 is 9.84 Å². The molecule has 0 amide bonds. The average Bonchev–Trinajstić information content (AvgIpc) is 2.44. The Morgan fingerprint density at radius 3 is 2.36 bits per heavy atom. The van der Waals surface area contributed by atoms with Crippen LogP contribution in [0.2, 0.25) is 0 Å². The number of ether oxygens (including phenoxy) is 1. The minimum Gasteiger partial charge on any atom is -0.494 e. The lowest BCUT2D eigenvalue weighted by molar-refractivity contribution is 0.317. The minimum atomic E-state index is -3.66. The highest BCUT2D eigenvalue weighted by molar-refractivity contribution is 7.90. The summed E-state index contributed by atoms with van der Waals surface area (Å²) in [6.45, 7) is 2.53. The number of sulfone groups is 1. The summed E-state index contributed by atoms with van der Waals surface area (Å²) in [5, 5.41) is 0. The van der Waals surface area contributed by atoms with Crippen molar-refractivity contribution in [3.05, 3.63) is 56.9 Å². The van der Waals surface area contributed by atoms with Crippen molar-refractivity contribution in [1.29, 1.82) is 0 Å². The van der Waals surface area contributed by atoms with Gasteiger partial charge in [-0.3, -0.25) is 9.78 Å². The minimum absolute atomic E-state index is 0.0417. The van der Waals surface area contributed by atoms with Crippen molar-refractivity contribution in [1.82, 2.24) is 9.97 Å². The fraction of sp³-hybridized carbons (Fsp3) is 0.286. The summed E-state index contributed by atoms with van der Waals surface area (Å²) in [6, 6.07) is 7.07. The van der Waals surface area contributed by atoms with E-state index in [1.165, 1.54) is 12.1 Å². The van der Waals surface area contributed by atoms with Crippen LogP contribution in [-0.2, 0) is 15.6 Å². The van der Waals surface area contributed by atoms with Gasteiger partial charge in [-0.1, -0.05) is 6.92 Å². The van der Waals surface area contributed by atoms with Crippen molar-refractivity contribution in [3.8, 4) is 5.75 Å². The topological polar surface area (TPSA) is 109 Å². The van der Waals surface area contributed by atoms with Crippen molar-refractivity contribution in [2.45, 2.75) is 24.0 Å². The smallest absolute Gasteiger partial charge is 0.325 e. The van der Waals surface area contributed by atoms with Gasteiger partial charge in [-0.15, -0.1) is 0 Å². The standard InChI is InChI=1S/C14H16N2O5S/c1-2-7-21-11-3-5-12(6-4-11)22(19,20)9-10-8-13(17)16-14(18)15-10/h3-6,8H,2,7,9H2,1H3,(H2,15,16,17,18). The number of H-pyrrole nitrogens is 2. The normalized spacial score (nSPS) is 11.3. The number of aromatic nitrogens is 2. The molecular formula is C14H16N2O5S. The molecule has 0 unspecified atom stereocenters. The van der Waals surface area contributed by atoms with Gasteiger partial charge < -0.3 is 9.72 Å². The van der Waals surface area contributed by atoms with Crippen LogP contribution in [0.25, 0.3) is 0 Å². The third-order valence-corrected chi connectivity index (χ3v) is 4.50. The summed E-state index contributed by atoms with van der Waals surface area (Å²) in [5.74, 6) is 0.131. The molecule has 0 bridgehead atoms. The van der Waals surface area contributed by atoms with Crippen molar-refractivity contribution < 1.29 is 13.2 Å². The van der Waals surface area contributed by atoms with E-state index in [9.17, 15) is 18.0 Å². The number of benzene rings is 1. The Morgan fingerprint density at radius 1 is 1.09 bits per heavy atom. The SMILES string of the molecule is CCCOc1ccc(S(=O)(=O)Cc2cc(=O)[nH]c(=O)[nH]2)cc1. The third-order valence-electron chi connectivity index (χ3n) is 2.82. The van der Waals surface area contributed by atoms with Crippen LogP contribution in [0.1, 0.15) is 19.0 Å². The van der Waals surface area contributed by atoms with E-state index < -0.39 is 26.8 Å². The second kappa shape index (κ2) is 6.61. The van der Waals surface area contributed by atoms with E-state index in [-0.39, 0.29) is 10.6 Å². The number of nitrogens with one attached hydrogen (secondary N) is 2. The molecule has 2 N–H and O–H groups in total. The van der Waals surface area contributed by atoms with E-state index >= 15 is 0 Å². The lowest BCUT2D eigenvalue weighted by Crippen LogP contribution is -2.24. The molecule has 0 aliphatic rings. The predicted octanol–water partition coefficient (Wildman–Crippen LogP) is 0.826. The van der Waals surface area contributed by atoms with Gasteiger partial charge in [0.1, 0.15) is 5.75 Å². The van der Waals surface area contributed by atoms with Crippen LogP contribution in [-0.4, -0.2) is 25.0 Å². The molecule has 7 nitrogen and oxygen atoms in total. The lowest BCUT2D eigenvalue weighted by Gasteiger charge is -2.07. The van der Waals surface area contributed by atoms with Crippen LogP contribution in [0.15, 0.2) is 44.8 Å². The highest BCUT2D eigenvalue weighted by atomic mass is 32.2. The largest absolute Gasteiger partial charge is 0.494 e. The molecule has 22 heavy (non-hydrogen) atoms. The quantitative estimate of drug-likeness (QED) is 0.818. The molecule has 1 aromatic carbocycles. The molecule has 0 saturated carbocycles. The van der Waals surface area contributed by atoms with Crippen molar-refractivity contribution in [3.63, 3.8) is 0 Å². The first-order valence-electron chi connectivity index (χ1n) is 6.69. The van der Waals surface area contributed by atoms with Gasteiger partial charge in [-0.2, -0.15) is 0 Å². The summed E-state index contributed by atoms with van der Waals surface area (Å²) in [5.41, 5.74) is -1.33. The fourth-order valence-corrected chi connectivity index (χ4v) is 3.13. The second-order valence-corrected chi connectivity index (χ2v) is 6.68. The van der Waals surface area contributed by atoms with Gasteiger partial charge >= 0.3 is 5.69 Å². The maximum atomic E-state index is 12.3. The predicted molar refractivity (Wildman–Crippen MR) is 80.8 cm³/mol. The third kappa shape index (κ3) is 4.08. The number of rotatable bonds is 6. The van der Waals surface area contributed by atoms with Crippen LogP contribution < -0.4 is 16.0 Å². The first-order valence-corrected chi connectivity index (χ1v) is 8.34. The van der Waals surface area contributed by atoms with Gasteiger partial charge in [0.2, 0.25) is 0 Å². The van der Waals surface area contributed by atoms with E-state index in [1.54, 1.807) is 12.1 Å². The van der Waals surface area contributed by atoms with E-state index in [2.05, 4.69) is 4.98 Å². The lowest BCUT2D eigenvalue weighted by atomic mass is 10.3. The number of hydrogen-bond acceptors (Lipinski definition) is 5. The van der Waals surface area contributed by atoms with Crippen LogP contribution in [0.3, 0.4) is 0 Å². The molecule has 0 aliphatic heterocycles. The van der Waals surface area contributed by atoms with Gasteiger partial charge in [0.25, 0.3) is 5.56 Å². The molecular weight excluding hydrogens is 308 g/mol. The zero-order valence-corrected chi connectivity index (χ0v) is 12.8. The molecule has 0 spiro atoms. The molecule has 1 heterocycles. The van der Waals surface area contributed by atoms with E-state index in [0.717, 1.165) is 12.5 Å². The van der Waals surface area contributed by atoms with E-state index in [4.69, 9.17) is 4.74 Å². The molecule has 0 aliphatic carbocycles. The molecule has 0 radical (unpaired) electrons. The molecule has 8 heteroatoms. The number of aromatic amines is 2. The summed E-state index contributed by atoms with van der Waals surface area (Å²) in [4.78, 5) is 26.7. The molecule has 1 aromatic heterocycles. The van der Waals surface area contributed by atoms with E-state index in [0.29, 0.717) is 12.4 Å². The van der Waals surface area contributed by atoms with Gasteiger partial charge in [0.15, 0.2) is 9.84 Å². The molecule has 2 aromatic rings. The Kier molecular flexibility index (Phi) is 4.81. The highest BCUT2D eigenvalue weighted by Gasteiger charge is 2.16. The zero-order valence-electron chi connectivity index (χ0n) is 12.0. The Morgan fingerprint density at radius 2 is 1.77 bits per heavy atom. The maximum Gasteiger partial charge on any atom is 0.325 e. The van der Waals surface area contributed by atoms with Gasteiger partial charge in [-0.25, -0.2) is 13.2 Å². The molecule has 118 valence electrons. The molecule has 0 fully saturated rings. The fourth-order valence-electron chi connectivity index (χ4n) is 1.85. The monoisotopic (exact) mass is 324 g/mol. The highest BCUT2D eigenvalue weighted by Crippen LogP contribution is 2.19. The van der Waals surface area contributed by atoms with Crippen LogP contribution in [0.5, 0.6) is 5.75 Å². The second-order valence-electron chi connectivity index (χ2n) is 4.69. The average molecular weight is 324 g/mol. The van der Waals surface area contributed by atoms with Gasteiger partial charge in [-0.05, 0) is 30.7 Å². The van der Waals surface area contributed by atoms with Gasteiger partial charge in [0.05, 0.1) is 17.3 Å². The Balaban J connectivity index is 2.22. The molecule has 0 saturated heterocycles. The van der Waals surface area contributed by atoms with Crippen molar-refractivity contribution in [2.75, 3.05) is 6.61 Å². The summed E-state index contributed by atoms with van der Waals surface area (Å²) >= 11 is 0. The zero-order chi connectivity index (χ0) is 16.2. The van der Waals surface area contributed by atoms with Crippen LogP contribution in [0, 0.1) is 0 Å². The van der Waals surface area contributed by atoms with E-state index in [1.807, 2.05) is 11.9 Å². The summed E-state index contributed by atoms with van der Waals surface area (Å²) in [6.07, 6.45) is 0.857. The number of hydrogen-bond donors (Lipinski definition) is 2. The van der Waals surface area contributed by atoms with Crippen LogP contribution >= 0.6 is 0 Å². The maximum absolute atomic E-state index is 12.3. The summed E-state index contributed by atoms with van der Waals surface area (Å²) < 4.78 is 29.9. The first kappa shape index (κ1) is 16.0. The Bertz CT molecular complexity index is 822. The molecule has 0 atom stereocenters.